The minimum Gasteiger partial charge on any atom is -0.311 e. The van der Waals surface area contributed by atoms with Crippen molar-refractivity contribution in [2.75, 3.05) is 7.05 Å². The van der Waals surface area contributed by atoms with Gasteiger partial charge in [-0.25, -0.2) is 4.39 Å². The Hall–Kier alpha value is -0.450. The molecule has 0 aliphatic carbocycles. The Bertz CT molecular complexity index is 481. The standard InChI is InChI=1S/C16H22BrFN2/c1-10(11-3-6-16(18)15(17)7-11)20(2)14-8-12-4-5-13(9-14)19-12/h3,6-7,10,12-14,19H,4-5,8-9H2,1-2H3. The first-order chi connectivity index (χ1) is 9.54. The summed E-state index contributed by atoms with van der Waals surface area (Å²) in [7, 11) is 2.21. The summed E-state index contributed by atoms with van der Waals surface area (Å²) < 4.78 is 13.9. The molecule has 0 saturated carbocycles. The van der Waals surface area contributed by atoms with Crippen molar-refractivity contribution in [3.63, 3.8) is 0 Å². The Morgan fingerprint density at radius 1 is 1.30 bits per heavy atom. The molecule has 2 saturated heterocycles. The third-order valence-corrected chi connectivity index (χ3v) is 5.67. The quantitative estimate of drug-likeness (QED) is 0.898. The molecule has 2 aliphatic rings. The van der Waals surface area contributed by atoms with E-state index in [2.05, 4.69) is 40.1 Å². The topological polar surface area (TPSA) is 15.3 Å². The zero-order valence-electron chi connectivity index (χ0n) is 12.1. The number of hydrogen-bond acceptors (Lipinski definition) is 2. The molecule has 1 N–H and O–H groups in total. The van der Waals surface area contributed by atoms with Crippen LogP contribution in [0, 0.1) is 5.82 Å². The second kappa shape index (κ2) is 5.74. The summed E-state index contributed by atoms with van der Waals surface area (Å²) in [6.07, 6.45) is 5.12. The molecular weight excluding hydrogens is 319 g/mol. The van der Waals surface area contributed by atoms with E-state index in [0.29, 0.717) is 28.6 Å². The van der Waals surface area contributed by atoms with E-state index in [1.807, 2.05) is 12.1 Å². The molecule has 0 aromatic heterocycles. The molecule has 3 atom stereocenters. The highest BCUT2D eigenvalue weighted by atomic mass is 79.9. The zero-order chi connectivity index (χ0) is 14.3. The normalized spacial score (nSPS) is 30.8. The van der Waals surface area contributed by atoms with E-state index >= 15 is 0 Å². The lowest BCUT2D eigenvalue weighted by atomic mass is 9.96. The Labute approximate surface area is 128 Å². The molecule has 0 spiro atoms. The minimum atomic E-state index is -0.191. The monoisotopic (exact) mass is 340 g/mol. The maximum atomic E-state index is 13.4. The SMILES string of the molecule is CC(c1ccc(F)c(Br)c1)N(C)C1CC2CCC(C1)N2. The fraction of sp³-hybridized carbons (Fsp3) is 0.625. The molecule has 2 heterocycles. The van der Waals surface area contributed by atoms with Crippen LogP contribution in [-0.2, 0) is 0 Å². The van der Waals surface area contributed by atoms with Crippen molar-refractivity contribution >= 4 is 15.9 Å². The van der Waals surface area contributed by atoms with Crippen molar-refractivity contribution in [3.8, 4) is 0 Å². The number of nitrogens with one attached hydrogen (secondary N) is 1. The highest BCUT2D eigenvalue weighted by molar-refractivity contribution is 9.10. The van der Waals surface area contributed by atoms with Gasteiger partial charge in [-0.15, -0.1) is 0 Å². The second-order valence-electron chi connectivity index (χ2n) is 6.28. The van der Waals surface area contributed by atoms with Gasteiger partial charge in [0.15, 0.2) is 0 Å². The van der Waals surface area contributed by atoms with Gasteiger partial charge >= 0.3 is 0 Å². The number of rotatable bonds is 3. The third kappa shape index (κ3) is 2.78. The molecule has 2 fully saturated rings. The number of halogens is 2. The van der Waals surface area contributed by atoms with E-state index in [0.717, 1.165) is 0 Å². The van der Waals surface area contributed by atoms with Crippen molar-refractivity contribution in [1.82, 2.24) is 10.2 Å². The van der Waals surface area contributed by atoms with Crippen LogP contribution < -0.4 is 5.32 Å². The fourth-order valence-electron chi connectivity index (χ4n) is 3.68. The maximum Gasteiger partial charge on any atom is 0.137 e. The van der Waals surface area contributed by atoms with Gasteiger partial charge in [-0.05, 0) is 73.3 Å². The van der Waals surface area contributed by atoms with E-state index < -0.39 is 0 Å². The molecule has 0 radical (unpaired) electrons. The summed E-state index contributed by atoms with van der Waals surface area (Å²) >= 11 is 3.29. The van der Waals surface area contributed by atoms with E-state index in [9.17, 15) is 4.39 Å². The molecular formula is C16H22BrFN2. The van der Waals surface area contributed by atoms with Gasteiger partial charge in [0.2, 0.25) is 0 Å². The first kappa shape index (κ1) is 14.5. The number of nitrogens with zero attached hydrogens (tertiary/aromatic N) is 1. The molecule has 4 heteroatoms. The molecule has 0 amide bonds. The summed E-state index contributed by atoms with van der Waals surface area (Å²) in [5.41, 5.74) is 1.17. The number of hydrogen-bond donors (Lipinski definition) is 1. The fourth-order valence-corrected chi connectivity index (χ4v) is 4.08. The van der Waals surface area contributed by atoms with Gasteiger partial charge in [-0.2, -0.15) is 0 Å². The van der Waals surface area contributed by atoms with Crippen LogP contribution in [0.5, 0.6) is 0 Å². The molecule has 1 aromatic rings. The Morgan fingerprint density at radius 3 is 2.55 bits per heavy atom. The largest absolute Gasteiger partial charge is 0.311 e. The molecule has 1 aromatic carbocycles. The number of fused-ring (bicyclic) bond motifs is 2. The van der Waals surface area contributed by atoms with Crippen LogP contribution in [0.2, 0.25) is 0 Å². The lowest BCUT2D eigenvalue weighted by molar-refractivity contribution is 0.132. The van der Waals surface area contributed by atoms with Gasteiger partial charge in [-0.1, -0.05) is 6.07 Å². The summed E-state index contributed by atoms with van der Waals surface area (Å²) in [6.45, 7) is 2.21. The van der Waals surface area contributed by atoms with Crippen LogP contribution in [0.25, 0.3) is 0 Å². The number of benzene rings is 1. The van der Waals surface area contributed by atoms with Crippen LogP contribution in [0.1, 0.15) is 44.2 Å². The zero-order valence-corrected chi connectivity index (χ0v) is 13.7. The Morgan fingerprint density at radius 2 is 1.95 bits per heavy atom. The smallest absolute Gasteiger partial charge is 0.137 e. The average molecular weight is 341 g/mol. The molecule has 3 unspecified atom stereocenters. The molecule has 20 heavy (non-hydrogen) atoms. The Kier molecular flexibility index (Phi) is 4.16. The van der Waals surface area contributed by atoms with Crippen molar-refractivity contribution in [3.05, 3.63) is 34.1 Å². The highest BCUT2D eigenvalue weighted by Gasteiger charge is 2.36. The van der Waals surface area contributed by atoms with E-state index in [1.54, 1.807) is 6.07 Å². The molecule has 2 bridgehead atoms. The first-order valence-corrected chi connectivity index (χ1v) is 8.27. The van der Waals surface area contributed by atoms with Crippen LogP contribution in [0.4, 0.5) is 4.39 Å². The second-order valence-corrected chi connectivity index (χ2v) is 7.13. The highest BCUT2D eigenvalue weighted by Crippen LogP contribution is 2.33. The lowest BCUT2D eigenvalue weighted by Gasteiger charge is -2.39. The summed E-state index contributed by atoms with van der Waals surface area (Å²) in [4.78, 5) is 2.46. The van der Waals surface area contributed by atoms with Crippen molar-refractivity contribution in [2.45, 2.75) is 56.8 Å². The van der Waals surface area contributed by atoms with E-state index in [-0.39, 0.29) is 5.82 Å². The van der Waals surface area contributed by atoms with Crippen LogP contribution >= 0.6 is 15.9 Å². The molecule has 110 valence electrons. The van der Waals surface area contributed by atoms with Gasteiger partial charge in [0.05, 0.1) is 4.47 Å². The van der Waals surface area contributed by atoms with Gasteiger partial charge in [0.25, 0.3) is 0 Å². The predicted octanol–water partition coefficient (Wildman–Crippen LogP) is 3.86. The molecule has 2 aliphatic heterocycles. The van der Waals surface area contributed by atoms with Gasteiger partial charge in [0.1, 0.15) is 5.82 Å². The third-order valence-electron chi connectivity index (χ3n) is 5.06. The Balaban J connectivity index is 1.72. The van der Waals surface area contributed by atoms with Gasteiger partial charge in [0, 0.05) is 24.2 Å². The predicted molar refractivity (Wildman–Crippen MR) is 83.2 cm³/mol. The van der Waals surface area contributed by atoms with Gasteiger partial charge in [-0.3, -0.25) is 4.90 Å². The van der Waals surface area contributed by atoms with Crippen molar-refractivity contribution < 1.29 is 4.39 Å². The van der Waals surface area contributed by atoms with Crippen LogP contribution in [0.15, 0.2) is 22.7 Å². The summed E-state index contributed by atoms with van der Waals surface area (Å²) in [5.74, 6) is -0.191. The summed E-state index contributed by atoms with van der Waals surface area (Å²) in [5, 5.41) is 3.69. The lowest BCUT2D eigenvalue weighted by Crippen LogP contribution is -2.47. The maximum absolute atomic E-state index is 13.4. The van der Waals surface area contributed by atoms with Crippen molar-refractivity contribution in [2.24, 2.45) is 0 Å². The van der Waals surface area contributed by atoms with Gasteiger partial charge < -0.3 is 5.32 Å². The number of piperidine rings is 1. The average Bonchev–Trinajstić information content (AvgIpc) is 2.79. The first-order valence-electron chi connectivity index (χ1n) is 7.47. The summed E-state index contributed by atoms with van der Waals surface area (Å²) in [6, 6.07) is 7.71. The van der Waals surface area contributed by atoms with Crippen LogP contribution in [-0.4, -0.2) is 30.1 Å². The molecule has 2 nitrogen and oxygen atoms in total. The minimum absolute atomic E-state index is 0.191. The van der Waals surface area contributed by atoms with E-state index in [1.165, 1.54) is 31.2 Å². The van der Waals surface area contributed by atoms with Crippen molar-refractivity contribution in [1.29, 1.82) is 0 Å². The molecule has 3 rings (SSSR count). The van der Waals surface area contributed by atoms with Crippen LogP contribution in [0.3, 0.4) is 0 Å². The van der Waals surface area contributed by atoms with E-state index in [4.69, 9.17) is 0 Å².